The van der Waals surface area contributed by atoms with E-state index in [1.165, 1.54) is 5.56 Å². The van der Waals surface area contributed by atoms with Crippen LogP contribution in [-0.2, 0) is 6.42 Å². The highest BCUT2D eigenvalue weighted by Gasteiger charge is 2.06. The van der Waals surface area contributed by atoms with Crippen molar-refractivity contribution in [2.75, 3.05) is 21.2 Å². The molecule has 0 radical (unpaired) electrons. The zero-order chi connectivity index (χ0) is 14.8. The molecule has 2 aromatic rings. The van der Waals surface area contributed by atoms with Gasteiger partial charge in [0, 0.05) is 18.4 Å². The summed E-state index contributed by atoms with van der Waals surface area (Å²) in [6.45, 7) is 2.21. The van der Waals surface area contributed by atoms with Gasteiger partial charge in [-0.25, -0.2) is 4.98 Å². The molecule has 0 aliphatic carbocycles. The quantitative estimate of drug-likeness (QED) is 0.912. The number of ether oxygens (including phenoxy) is 1. The molecular weight excluding hydrogens is 250 g/mol. The highest BCUT2D eigenvalue weighted by molar-refractivity contribution is 5.33. The summed E-state index contributed by atoms with van der Waals surface area (Å²) in [4.78, 5) is 4.07. The molecule has 1 atom stereocenters. The topological polar surface area (TPSA) is 39.1 Å². The molecule has 0 saturated carbocycles. The molecular formula is C16H25N3O. The number of rotatable bonds is 5. The van der Waals surface area contributed by atoms with Crippen LogP contribution in [0.1, 0.15) is 24.9 Å². The van der Waals surface area contributed by atoms with E-state index in [0.717, 1.165) is 18.6 Å². The standard InChI is InChI=1S/C14H18N2O.C2H7N/c1-12(16-10-9-15-11-16)7-8-13-5-3-4-6-14(13)17-2;1-3-2/h3-6,9-12H,7-8H2,1-2H3;3H,1-2H3. The highest BCUT2D eigenvalue weighted by atomic mass is 16.5. The van der Waals surface area contributed by atoms with Crippen molar-refractivity contribution in [1.82, 2.24) is 14.9 Å². The normalized spacial score (nSPS) is 11.4. The van der Waals surface area contributed by atoms with Crippen LogP contribution in [0.4, 0.5) is 0 Å². The maximum atomic E-state index is 5.35. The number of para-hydroxylation sites is 1. The molecule has 0 bridgehead atoms. The van der Waals surface area contributed by atoms with Gasteiger partial charge >= 0.3 is 0 Å². The smallest absolute Gasteiger partial charge is 0.122 e. The minimum absolute atomic E-state index is 0.461. The van der Waals surface area contributed by atoms with Crippen LogP contribution in [0.15, 0.2) is 43.0 Å². The SMILES string of the molecule is CNC.COc1ccccc1CCC(C)n1ccnc1. The van der Waals surface area contributed by atoms with Gasteiger partial charge in [0.05, 0.1) is 13.4 Å². The van der Waals surface area contributed by atoms with E-state index < -0.39 is 0 Å². The lowest BCUT2D eigenvalue weighted by Crippen LogP contribution is -2.04. The first-order valence-electron chi connectivity index (χ1n) is 6.90. The van der Waals surface area contributed by atoms with Gasteiger partial charge in [0.1, 0.15) is 5.75 Å². The van der Waals surface area contributed by atoms with Crippen molar-refractivity contribution in [2.45, 2.75) is 25.8 Å². The second kappa shape index (κ2) is 9.15. The molecule has 0 fully saturated rings. The Morgan fingerprint density at radius 1 is 1.30 bits per heavy atom. The number of methoxy groups -OCH3 is 1. The second-order valence-electron chi connectivity index (χ2n) is 4.71. The van der Waals surface area contributed by atoms with E-state index in [-0.39, 0.29) is 0 Å². The molecule has 1 aromatic heterocycles. The van der Waals surface area contributed by atoms with Gasteiger partial charge in [0.2, 0.25) is 0 Å². The highest BCUT2D eigenvalue weighted by Crippen LogP contribution is 2.21. The van der Waals surface area contributed by atoms with E-state index in [4.69, 9.17) is 4.74 Å². The van der Waals surface area contributed by atoms with Gasteiger partial charge in [0.15, 0.2) is 0 Å². The summed E-state index contributed by atoms with van der Waals surface area (Å²) in [5, 5.41) is 2.75. The summed E-state index contributed by atoms with van der Waals surface area (Å²) in [6.07, 6.45) is 7.79. The van der Waals surface area contributed by atoms with Crippen molar-refractivity contribution in [2.24, 2.45) is 0 Å². The Hall–Kier alpha value is -1.81. The van der Waals surface area contributed by atoms with E-state index in [1.54, 1.807) is 7.11 Å². The zero-order valence-corrected chi connectivity index (χ0v) is 12.8. The molecule has 2 rings (SSSR count). The van der Waals surface area contributed by atoms with E-state index >= 15 is 0 Å². The molecule has 0 aliphatic heterocycles. The van der Waals surface area contributed by atoms with Crippen LogP contribution < -0.4 is 10.1 Å². The first-order chi connectivity index (χ1) is 9.72. The Balaban J connectivity index is 0.000000612. The molecule has 0 aliphatic rings. The van der Waals surface area contributed by atoms with E-state index in [0.29, 0.717) is 6.04 Å². The molecule has 20 heavy (non-hydrogen) atoms. The number of benzene rings is 1. The number of imidazole rings is 1. The molecule has 1 heterocycles. The van der Waals surface area contributed by atoms with Crippen LogP contribution in [0.2, 0.25) is 0 Å². The number of hydrogen-bond acceptors (Lipinski definition) is 3. The molecule has 0 spiro atoms. The Bertz CT molecular complexity index is 468. The third kappa shape index (κ3) is 5.05. The average Bonchev–Trinajstić information content (AvgIpc) is 3.00. The van der Waals surface area contributed by atoms with Crippen molar-refractivity contribution >= 4 is 0 Å². The summed E-state index contributed by atoms with van der Waals surface area (Å²) in [6, 6.07) is 8.65. The molecule has 4 heteroatoms. The zero-order valence-electron chi connectivity index (χ0n) is 12.8. The van der Waals surface area contributed by atoms with Crippen molar-refractivity contribution in [3.05, 3.63) is 48.5 Å². The number of nitrogens with one attached hydrogen (secondary N) is 1. The number of aryl methyl sites for hydroxylation is 1. The van der Waals surface area contributed by atoms with Crippen molar-refractivity contribution in [1.29, 1.82) is 0 Å². The van der Waals surface area contributed by atoms with Crippen LogP contribution in [0, 0.1) is 0 Å². The van der Waals surface area contributed by atoms with Crippen LogP contribution in [0.3, 0.4) is 0 Å². The summed E-state index contributed by atoms with van der Waals surface area (Å²) in [5.74, 6) is 0.977. The second-order valence-corrected chi connectivity index (χ2v) is 4.71. The fourth-order valence-electron chi connectivity index (χ4n) is 1.95. The lowest BCUT2D eigenvalue weighted by molar-refractivity contribution is 0.406. The van der Waals surface area contributed by atoms with Gasteiger partial charge in [-0.05, 0) is 45.5 Å². The van der Waals surface area contributed by atoms with Crippen LogP contribution >= 0.6 is 0 Å². The van der Waals surface area contributed by atoms with Crippen LogP contribution in [0.5, 0.6) is 5.75 Å². The summed E-state index contributed by atoms with van der Waals surface area (Å²) >= 11 is 0. The minimum atomic E-state index is 0.461. The van der Waals surface area contributed by atoms with Crippen molar-refractivity contribution in [3.63, 3.8) is 0 Å². The summed E-state index contributed by atoms with van der Waals surface area (Å²) in [7, 11) is 5.47. The Morgan fingerprint density at radius 2 is 2.00 bits per heavy atom. The Kier molecular flexibility index (Phi) is 7.43. The fraction of sp³-hybridized carbons (Fsp3) is 0.438. The van der Waals surface area contributed by atoms with Gasteiger partial charge in [-0.3, -0.25) is 0 Å². The predicted molar refractivity (Wildman–Crippen MR) is 83.2 cm³/mol. The molecule has 1 aromatic carbocycles. The minimum Gasteiger partial charge on any atom is -0.496 e. The van der Waals surface area contributed by atoms with E-state index in [2.05, 4.69) is 33.9 Å². The van der Waals surface area contributed by atoms with Crippen molar-refractivity contribution < 1.29 is 4.74 Å². The predicted octanol–water partition coefficient (Wildman–Crippen LogP) is 2.92. The van der Waals surface area contributed by atoms with Gasteiger partial charge in [-0.15, -0.1) is 0 Å². The summed E-state index contributed by atoms with van der Waals surface area (Å²) < 4.78 is 7.48. The molecule has 4 nitrogen and oxygen atoms in total. The fourth-order valence-corrected chi connectivity index (χ4v) is 1.95. The Labute approximate surface area is 121 Å². The van der Waals surface area contributed by atoms with Crippen LogP contribution in [-0.4, -0.2) is 30.8 Å². The first-order valence-corrected chi connectivity index (χ1v) is 6.90. The van der Waals surface area contributed by atoms with E-state index in [1.807, 2.05) is 44.9 Å². The third-order valence-electron chi connectivity index (χ3n) is 3.06. The molecule has 0 amide bonds. The third-order valence-corrected chi connectivity index (χ3v) is 3.06. The van der Waals surface area contributed by atoms with Gasteiger partial charge in [-0.1, -0.05) is 18.2 Å². The first kappa shape index (κ1) is 16.2. The number of hydrogen-bond donors (Lipinski definition) is 1. The largest absolute Gasteiger partial charge is 0.496 e. The van der Waals surface area contributed by atoms with Crippen LogP contribution in [0.25, 0.3) is 0 Å². The lowest BCUT2D eigenvalue weighted by Gasteiger charge is -2.14. The molecule has 1 unspecified atom stereocenters. The number of nitrogens with zero attached hydrogens (tertiary/aromatic N) is 2. The van der Waals surface area contributed by atoms with Gasteiger partial charge in [0.25, 0.3) is 0 Å². The maximum absolute atomic E-state index is 5.35. The lowest BCUT2D eigenvalue weighted by atomic mass is 10.1. The van der Waals surface area contributed by atoms with Gasteiger partial charge in [-0.2, -0.15) is 0 Å². The summed E-state index contributed by atoms with van der Waals surface area (Å²) in [5.41, 5.74) is 1.27. The molecule has 110 valence electrons. The molecule has 0 saturated heterocycles. The van der Waals surface area contributed by atoms with Crippen molar-refractivity contribution in [3.8, 4) is 5.75 Å². The number of aromatic nitrogens is 2. The average molecular weight is 275 g/mol. The Morgan fingerprint density at radius 3 is 2.60 bits per heavy atom. The van der Waals surface area contributed by atoms with Gasteiger partial charge < -0.3 is 14.6 Å². The monoisotopic (exact) mass is 275 g/mol. The van der Waals surface area contributed by atoms with E-state index in [9.17, 15) is 0 Å². The molecule has 1 N–H and O–H groups in total. The maximum Gasteiger partial charge on any atom is 0.122 e.